The Morgan fingerprint density at radius 2 is 1.58 bits per heavy atom. The molecule has 0 saturated carbocycles. The summed E-state index contributed by atoms with van der Waals surface area (Å²) in [6, 6.07) is 8.08. The molecule has 0 aliphatic heterocycles. The lowest BCUT2D eigenvalue weighted by molar-refractivity contribution is 0.411. The first-order valence-electron chi connectivity index (χ1n) is 4.22. The molecule has 0 saturated heterocycles. The third-order valence-corrected chi connectivity index (χ3v) is 1.90. The topological polar surface area (TPSA) is 0 Å². The van der Waals surface area contributed by atoms with E-state index in [0.717, 1.165) is 11.4 Å². The van der Waals surface area contributed by atoms with Gasteiger partial charge in [-0.15, -0.1) is 0 Å². The first-order valence-corrected chi connectivity index (χ1v) is 4.60. The Balaban J connectivity index is 2.71. The van der Waals surface area contributed by atoms with Gasteiger partial charge in [0, 0.05) is 5.02 Å². The largest absolute Gasteiger partial charge is 0.0843 e. The van der Waals surface area contributed by atoms with Crippen molar-refractivity contribution in [2.45, 2.75) is 27.2 Å². The highest BCUT2D eigenvalue weighted by molar-refractivity contribution is 6.30. The normalized spacial score (nSPS) is 11.7. The van der Waals surface area contributed by atoms with Crippen LogP contribution in [-0.2, 0) is 6.42 Å². The van der Waals surface area contributed by atoms with E-state index in [2.05, 4.69) is 32.9 Å². The minimum atomic E-state index is 0.355. The van der Waals surface area contributed by atoms with Crippen LogP contribution in [0.4, 0.5) is 0 Å². The van der Waals surface area contributed by atoms with Gasteiger partial charge in [-0.2, -0.15) is 0 Å². The molecule has 12 heavy (non-hydrogen) atoms. The molecule has 1 heteroatoms. The molecule has 0 bridgehead atoms. The van der Waals surface area contributed by atoms with E-state index in [0.29, 0.717) is 5.41 Å². The van der Waals surface area contributed by atoms with Crippen LogP contribution in [0.25, 0.3) is 0 Å². The van der Waals surface area contributed by atoms with E-state index in [9.17, 15) is 0 Å². The lowest BCUT2D eigenvalue weighted by Gasteiger charge is -2.17. The molecule has 0 aliphatic rings. The van der Waals surface area contributed by atoms with Crippen molar-refractivity contribution in [2.24, 2.45) is 5.41 Å². The van der Waals surface area contributed by atoms with Crippen molar-refractivity contribution in [2.75, 3.05) is 0 Å². The number of hydrogen-bond donors (Lipinski definition) is 0. The first kappa shape index (κ1) is 9.60. The van der Waals surface area contributed by atoms with Gasteiger partial charge in [0.05, 0.1) is 0 Å². The minimum absolute atomic E-state index is 0.355. The third-order valence-electron chi connectivity index (χ3n) is 1.65. The van der Waals surface area contributed by atoms with Gasteiger partial charge in [-0.1, -0.05) is 44.5 Å². The number of hydrogen-bond acceptors (Lipinski definition) is 0. The predicted octanol–water partition coefficient (Wildman–Crippen LogP) is 3.93. The van der Waals surface area contributed by atoms with Gasteiger partial charge in [0.1, 0.15) is 0 Å². The lowest BCUT2D eigenvalue weighted by Crippen LogP contribution is -2.08. The predicted molar refractivity (Wildman–Crippen MR) is 54.6 cm³/mol. The van der Waals surface area contributed by atoms with Crippen LogP contribution in [0.3, 0.4) is 0 Å². The van der Waals surface area contributed by atoms with Crippen molar-refractivity contribution < 1.29 is 0 Å². The van der Waals surface area contributed by atoms with Crippen molar-refractivity contribution >= 4 is 11.6 Å². The van der Waals surface area contributed by atoms with Crippen molar-refractivity contribution in [1.29, 1.82) is 0 Å². The molecule has 1 aromatic rings. The molecule has 0 unspecified atom stereocenters. The smallest absolute Gasteiger partial charge is 0.0406 e. The average molecular weight is 183 g/mol. The second-order valence-electron chi connectivity index (χ2n) is 4.36. The Morgan fingerprint density at radius 3 is 2.00 bits per heavy atom. The van der Waals surface area contributed by atoms with Gasteiger partial charge in [0.15, 0.2) is 0 Å². The van der Waals surface area contributed by atoms with Crippen LogP contribution in [0.2, 0.25) is 5.02 Å². The number of halogens is 1. The Kier molecular flexibility index (Phi) is 2.79. The molecule has 0 heterocycles. The summed E-state index contributed by atoms with van der Waals surface area (Å²) in [7, 11) is 0. The van der Waals surface area contributed by atoms with Crippen LogP contribution in [-0.4, -0.2) is 0 Å². The van der Waals surface area contributed by atoms with Gasteiger partial charge < -0.3 is 0 Å². The third kappa shape index (κ3) is 3.27. The fourth-order valence-corrected chi connectivity index (χ4v) is 1.34. The van der Waals surface area contributed by atoms with Crippen molar-refractivity contribution in [3.63, 3.8) is 0 Å². The van der Waals surface area contributed by atoms with E-state index in [1.54, 1.807) is 0 Å². The Labute approximate surface area is 79.6 Å². The summed E-state index contributed by atoms with van der Waals surface area (Å²) in [6.45, 7) is 6.71. The molecule has 0 N–H and O–H groups in total. The standard InChI is InChI=1S/C11H15Cl/c1-11(2,3)8-9-4-6-10(12)7-5-9/h4-7H,8H2,1-3H3. The highest BCUT2D eigenvalue weighted by Crippen LogP contribution is 2.21. The zero-order chi connectivity index (χ0) is 9.19. The van der Waals surface area contributed by atoms with Gasteiger partial charge >= 0.3 is 0 Å². The van der Waals surface area contributed by atoms with Crippen LogP contribution < -0.4 is 0 Å². The van der Waals surface area contributed by atoms with Crippen molar-refractivity contribution in [3.05, 3.63) is 34.9 Å². The highest BCUT2D eigenvalue weighted by Gasteiger charge is 2.10. The van der Waals surface area contributed by atoms with Gasteiger partial charge in [-0.3, -0.25) is 0 Å². The molecule has 1 rings (SSSR count). The molecule has 0 spiro atoms. The van der Waals surface area contributed by atoms with E-state index in [1.807, 2.05) is 12.1 Å². The lowest BCUT2D eigenvalue weighted by atomic mass is 9.88. The molecular formula is C11H15Cl. The molecule has 0 aromatic heterocycles. The Hall–Kier alpha value is -0.490. The molecule has 1 aromatic carbocycles. The molecular weight excluding hydrogens is 168 g/mol. The van der Waals surface area contributed by atoms with E-state index >= 15 is 0 Å². The fraction of sp³-hybridized carbons (Fsp3) is 0.455. The maximum absolute atomic E-state index is 5.78. The maximum atomic E-state index is 5.78. The molecule has 0 atom stereocenters. The van der Waals surface area contributed by atoms with Crippen molar-refractivity contribution in [1.82, 2.24) is 0 Å². The number of rotatable bonds is 1. The molecule has 0 amide bonds. The average Bonchev–Trinajstić information content (AvgIpc) is 1.91. The van der Waals surface area contributed by atoms with E-state index in [1.165, 1.54) is 5.56 Å². The highest BCUT2D eigenvalue weighted by atomic mass is 35.5. The maximum Gasteiger partial charge on any atom is 0.0406 e. The summed E-state index contributed by atoms with van der Waals surface area (Å²) in [6.07, 6.45) is 1.10. The van der Waals surface area contributed by atoms with E-state index < -0.39 is 0 Å². The summed E-state index contributed by atoms with van der Waals surface area (Å²) < 4.78 is 0. The second kappa shape index (κ2) is 3.49. The van der Waals surface area contributed by atoms with E-state index in [-0.39, 0.29) is 0 Å². The second-order valence-corrected chi connectivity index (χ2v) is 4.80. The molecule has 0 fully saturated rings. The molecule has 0 nitrogen and oxygen atoms in total. The van der Waals surface area contributed by atoms with Crippen LogP contribution >= 0.6 is 11.6 Å². The van der Waals surface area contributed by atoms with Crippen molar-refractivity contribution in [3.8, 4) is 0 Å². The van der Waals surface area contributed by atoms with Crippen LogP contribution in [0, 0.1) is 5.41 Å². The Bertz CT molecular complexity index is 241. The molecule has 0 aliphatic carbocycles. The summed E-state index contributed by atoms with van der Waals surface area (Å²) in [5.41, 5.74) is 1.71. The molecule has 0 radical (unpaired) electrons. The summed E-state index contributed by atoms with van der Waals surface area (Å²) in [4.78, 5) is 0. The van der Waals surface area contributed by atoms with E-state index in [4.69, 9.17) is 11.6 Å². The SMILES string of the molecule is CC(C)(C)Cc1ccc(Cl)cc1. The Morgan fingerprint density at radius 1 is 1.08 bits per heavy atom. The van der Waals surface area contributed by atoms with Gasteiger partial charge in [-0.05, 0) is 29.5 Å². The summed E-state index contributed by atoms with van der Waals surface area (Å²) in [5.74, 6) is 0. The van der Waals surface area contributed by atoms with Crippen LogP contribution in [0.5, 0.6) is 0 Å². The fourth-order valence-electron chi connectivity index (χ4n) is 1.21. The van der Waals surface area contributed by atoms with Gasteiger partial charge in [0.25, 0.3) is 0 Å². The molecule has 66 valence electrons. The van der Waals surface area contributed by atoms with Gasteiger partial charge in [-0.25, -0.2) is 0 Å². The van der Waals surface area contributed by atoms with Crippen LogP contribution in [0.1, 0.15) is 26.3 Å². The first-order chi connectivity index (χ1) is 5.47. The quantitative estimate of drug-likeness (QED) is 0.618. The summed E-state index contributed by atoms with van der Waals surface area (Å²) in [5, 5.41) is 0.813. The zero-order valence-electron chi connectivity index (χ0n) is 7.89. The zero-order valence-corrected chi connectivity index (χ0v) is 8.65. The monoisotopic (exact) mass is 182 g/mol. The number of benzene rings is 1. The summed E-state index contributed by atoms with van der Waals surface area (Å²) >= 11 is 5.78. The van der Waals surface area contributed by atoms with Gasteiger partial charge in [0.2, 0.25) is 0 Å². The minimum Gasteiger partial charge on any atom is -0.0843 e. The van der Waals surface area contributed by atoms with Crippen LogP contribution in [0.15, 0.2) is 24.3 Å².